The highest BCUT2D eigenvalue weighted by Crippen LogP contribution is 2.38. The molecule has 4 nitrogen and oxygen atoms in total. The Kier molecular flexibility index (Phi) is 6.21. The zero-order valence-corrected chi connectivity index (χ0v) is 15.5. The number of H-pyrrole nitrogens is 1. The molecule has 0 saturated heterocycles. The van der Waals surface area contributed by atoms with Crippen LogP contribution in [0.15, 0.2) is 59.6 Å². The molecule has 1 heterocycles. The van der Waals surface area contributed by atoms with E-state index in [9.17, 15) is 26.7 Å². The number of hydrogen-bond donors (Lipinski definition) is 2. The summed E-state index contributed by atoms with van der Waals surface area (Å²) in [5, 5.41) is 8.68. The third-order valence-electron chi connectivity index (χ3n) is 3.90. The second-order valence-electron chi connectivity index (χ2n) is 5.93. The number of hydrogen-bond acceptors (Lipinski definition) is 3. The first-order chi connectivity index (χ1) is 13.7. The molecule has 0 bridgehead atoms. The number of aromatic nitrogens is 2. The van der Waals surface area contributed by atoms with Crippen molar-refractivity contribution in [3.63, 3.8) is 0 Å². The topological polar surface area (TPSA) is 57.8 Å². The van der Waals surface area contributed by atoms with Crippen molar-refractivity contribution in [3.05, 3.63) is 66.0 Å². The maximum Gasteiger partial charge on any atom is 0.446 e. The molecule has 0 aliphatic carbocycles. The van der Waals surface area contributed by atoms with E-state index in [0.717, 1.165) is 0 Å². The highest BCUT2D eigenvalue weighted by molar-refractivity contribution is 8.00. The lowest BCUT2D eigenvalue weighted by atomic mass is 10.0. The average molecular weight is 427 g/mol. The molecule has 10 heteroatoms. The summed E-state index contributed by atoms with van der Waals surface area (Å²) in [6, 6.07) is 12.4. The van der Waals surface area contributed by atoms with Crippen LogP contribution in [0.3, 0.4) is 0 Å². The number of carbonyl (C=O) groups excluding carboxylic acids is 1. The Bertz CT molecular complexity index is 986. The maximum absolute atomic E-state index is 12.6. The van der Waals surface area contributed by atoms with Crippen LogP contribution in [0, 0.1) is 0 Å². The van der Waals surface area contributed by atoms with Crippen LogP contribution in [-0.2, 0) is 6.42 Å². The van der Waals surface area contributed by atoms with Crippen LogP contribution >= 0.6 is 11.8 Å². The number of benzene rings is 2. The Balaban J connectivity index is 1.83. The first-order valence-electron chi connectivity index (χ1n) is 8.30. The Morgan fingerprint density at radius 3 is 2.45 bits per heavy atom. The second-order valence-corrected chi connectivity index (χ2v) is 7.07. The van der Waals surface area contributed by atoms with Gasteiger partial charge in [0.1, 0.15) is 0 Å². The highest BCUT2D eigenvalue weighted by atomic mass is 32.2. The predicted octanol–water partition coefficient (Wildman–Crippen LogP) is 5.75. The third kappa shape index (κ3) is 5.57. The number of rotatable bonds is 6. The molecule has 0 saturated carbocycles. The molecule has 2 aromatic carbocycles. The Morgan fingerprint density at radius 2 is 1.79 bits per heavy atom. The van der Waals surface area contributed by atoms with Gasteiger partial charge in [0, 0.05) is 16.1 Å². The Morgan fingerprint density at radius 1 is 1.10 bits per heavy atom. The van der Waals surface area contributed by atoms with Gasteiger partial charge in [-0.25, -0.2) is 8.78 Å². The van der Waals surface area contributed by atoms with Crippen LogP contribution in [0.5, 0.6) is 0 Å². The molecule has 0 spiro atoms. The third-order valence-corrected chi connectivity index (χ3v) is 4.63. The van der Waals surface area contributed by atoms with Crippen molar-refractivity contribution in [1.82, 2.24) is 10.2 Å². The van der Waals surface area contributed by atoms with Crippen molar-refractivity contribution < 1.29 is 26.7 Å². The van der Waals surface area contributed by atoms with E-state index in [2.05, 4.69) is 15.5 Å². The fourth-order valence-electron chi connectivity index (χ4n) is 2.69. The normalized spacial score (nSPS) is 11.7. The lowest BCUT2D eigenvalue weighted by Crippen LogP contribution is -2.15. The Labute approximate surface area is 166 Å². The molecular weight excluding hydrogens is 413 g/mol. The van der Waals surface area contributed by atoms with Gasteiger partial charge in [-0.15, -0.1) is 0 Å². The fraction of sp³-hybridized carbons (Fsp3) is 0.158. The summed E-state index contributed by atoms with van der Waals surface area (Å²) in [7, 11) is 0. The number of amides is 1. The van der Waals surface area contributed by atoms with E-state index in [-0.39, 0.29) is 27.9 Å². The minimum Gasteiger partial charge on any atom is -0.321 e. The summed E-state index contributed by atoms with van der Waals surface area (Å²) >= 11 is -0.217. The SMILES string of the molecule is O=C(Nc1ccccc1-c1ccc(SC(F)(F)F)cc1)c1cn[nH]c1CC(F)F. The van der Waals surface area contributed by atoms with Gasteiger partial charge in [0.2, 0.25) is 6.43 Å². The lowest BCUT2D eigenvalue weighted by molar-refractivity contribution is -0.0328. The van der Waals surface area contributed by atoms with E-state index < -0.39 is 24.3 Å². The molecule has 0 atom stereocenters. The molecular formula is C19H14F5N3OS. The van der Waals surface area contributed by atoms with Crippen LogP contribution in [0.4, 0.5) is 27.6 Å². The number of halogens is 5. The summed E-state index contributed by atoms with van der Waals surface area (Å²) in [6.45, 7) is 0. The summed E-state index contributed by atoms with van der Waals surface area (Å²) in [5.74, 6) is -0.619. The predicted molar refractivity (Wildman–Crippen MR) is 100 cm³/mol. The number of thioether (sulfide) groups is 1. The smallest absolute Gasteiger partial charge is 0.321 e. The largest absolute Gasteiger partial charge is 0.446 e. The van der Waals surface area contributed by atoms with Crippen molar-refractivity contribution in [3.8, 4) is 11.1 Å². The van der Waals surface area contributed by atoms with Crippen molar-refractivity contribution in [2.75, 3.05) is 5.32 Å². The molecule has 0 unspecified atom stereocenters. The quantitative estimate of drug-likeness (QED) is 0.389. The molecule has 1 amide bonds. The van der Waals surface area contributed by atoms with Gasteiger partial charge in [-0.2, -0.15) is 18.3 Å². The molecule has 0 radical (unpaired) electrons. The second kappa shape index (κ2) is 8.64. The van der Waals surface area contributed by atoms with Gasteiger partial charge in [0.25, 0.3) is 5.91 Å². The highest BCUT2D eigenvalue weighted by Gasteiger charge is 2.29. The van der Waals surface area contributed by atoms with Gasteiger partial charge in [-0.1, -0.05) is 30.3 Å². The van der Waals surface area contributed by atoms with Gasteiger partial charge in [0.05, 0.1) is 23.9 Å². The molecule has 29 heavy (non-hydrogen) atoms. The van der Waals surface area contributed by atoms with E-state index in [1.54, 1.807) is 24.3 Å². The fourth-order valence-corrected chi connectivity index (χ4v) is 3.23. The first kappa shape index (κ1) is 20.8. The van der Waals surface area contributed by atoms with Gasteiger partial charge in [0.15, 0.2) is 0 Å². The monoisotopic (exact) mass is 427 g/mol. The molecule has 152 valence electrons. The average Bonchev–Trinajstić information content (AvgIpc) is 3.09. The standard InChI is InChI=1S/C19H14F5N3OS/c20-17(21)9-16-14(10-25-27-16)18(28)26-15-4-2-1-3-13(15)11-5-7-12(8-6-11)29-19(22,23)24/h1-8,10,17H,9H2,(H,25,27)(H,26,28). The van der Waals surface area contributed by atoms with Crippen molar-refractivity contribution in [2.24, 2.45) is 0 Å². The number of carbonyl (C=O) groups is 1. The number of nitrogens with one attached hydrogen (secondary N) is 2. The van der Waals surface area contributed by atoms with E-state index in [1.165, 1.54) is 30.5 Å². The molecule has 1 aromatic heterocycles. The Hall–Kier alpha value is -2.88. The van der Waals surface area contributed by atoms with E-state index in [0.29, 0.717) is 16.8 Å². The van der Waals surface area contributed by atoms with E-state index >= 15 is 0 Å². The summed E-state index contributed by atoms with van der Waals surface area (Å²) in [4.78, 5) is 12.6. The molecule has 0 fully saturated rings. The van der Waals surface area contributed by atoms with Crippen molar-refractivity contribution >= 4 is 23.4 Å². The molecule has 0 aliphatic rings. The van der Waals surface area contributed by atoms with Gasteiger partial charge in [-0.3, -0.25) is 9.89 Å². The summed E-state index contributed by atoms with van der Waals surface area (Å²) in [6.07, 6.45) is -2.11. The van der Waals surface area contributed by atoms with Crippen LogP contribution in [0.1, 0.15) is 16.1 Å². The van der Waals surface area contributed by atoms with Gasteiger partial charge < -0.3 is 5.32 Å². The van der Waals surface area contributed by atoms with E-state index in [4.69, 9.17) is 0 Å². The lowest BCUT2D eigenvalue weighted by Gasteiger charge is -2.12. The molecule has 0 aliphatic heterocycles. The summed E-state index contributed by atoms with van der Waals surface area (Å²) < 4.78 is 62.7. The minimum atomic E-state index is -4.38. The number of aromatic amines is 1. The zero-order valence-electron chi connectivity index (χ0n) is 14.6. The first-order valence-corrected chi connectivity index (χ1v) is 9.11. The molecule has 3 aromatic rings. The molecule has 2 N–H and O–H groups in total. The zero-order chi connectivity index (χ0) is 21.0. The van der Waals surface area contributed by atoms with Crippen molar-refractivity contribution in [1.29, 1.82) is 0 Å². The van der Waals surface area contributed by atoms with Crippen LogP contribution < -0.4 is 5.32 Å². The summed E-state index contributed by atoms with van der Waals surface area (Å²) in [5.41, 5.74) is -2.82. The van der Waals surface area contributed by atoms with Crippen LogP contribution in [-0.4, -0.2) is 28.0 Å². The molecule has 3 rings (SSSR count). The van der Waals surface area contributed by atoms with Crippen LogP contribution in [0.25, 0.3) is 11.1 Å². The maximum atomic E-state index is 12.6. The van der Waals surface area contributed by atoms with Crippen molar-refractivity contribution in [2.45, 2.75) is 23.3 Å². The number of anilines is 1. The number of alkyl halides is 5. The van der Waals surface area contributed by atoms with Crippen LogP contribution in [0.2, 0.25) is 0 Å². The van der Waals surface area contributed by atoms with E-state index in [1.807, 2.05) is 0 Å². The van der Waals surface area contributed by atoms with Gasteiger partial charge >= 0.3 is 5.51 Å². The number of nitrogens with zero attached hydrogens (tertiary/aromatic N) is 1. The number of para-hydroxylation sites is 1. The van der Waals surface area contributed by atoms with Gasteiger partial charge in [-0.05, 0) is 35.5 Å². The minimum absolute atomic E-state index is 0.00275.